The van der Waals surface area contributed by atoms with Crippen LogP contribution >= 0.6 is 15.2 Å². The van der Waals surface area contributed by atoms with Crippen LogP contribution in [0.1, 0.15) is 27.7 Å². The van der Waals surface area contributed by atoms with Gasteiger partial charge in [0.2, 0.25) is 0 Å². The summed E-state index contributed by atoms with van der Waals surface area (Å²) in [6, 6.07) is 0. The summed E-state index contributed by atoms with van der Waals surface area (Å²) in [5.74, 6) is -1.01. The summed E-state index contributed by atoms with van der Waals surface area (Å²) in [5, 5.41) is 0. The molecule has 0 aliphatic carbocycles. The highest BCUT2D eigenvalue weighted by Crippen LogP contribution is 2.62. The minimum atomic E-state index is -4.59. The van der Waals surface area contributed by atoms with E-state index in [0.29, 0.717) is 0 Å². The van der Waals surface area contributed by atoms with Crippen molar-refractivity contribution in [1.29, 1.82) is 0 Å². The molecule has 0 rings (SSSR count). The Morgan fingerprint density at radius 2 is 1.50 bits per heavy atom. The fourth-order valence-corrected chi connectivity index (χ4v) is 4.77. The van der Waals surface area contributed by atoms with Gasteiger partial charge in [0.05, 0.1) is 12.2 Å². The van der Waals surface area contributed by atoms with Gasteiger partial charge in [-0.2, -0.15) is 0 Å². The molecule has 1 unspecified atom stereocenters. The van der Waals surface area contributed by atoms with Crippen molar-refractivity contribution in [2.24, 2.45) is 0 Å². The Labute approximate surface area is 94.1 Å². The lowest BCUT2D eigenvalue weighted by atomic mass is 10.5. The van der Waals surface area contributed by atoms with Gasteiger partial charge < -0.3 is 13.9 Å². The molecule has 0 bridgehead atoms. The molecule has 0 aromatic heterocycles. The highest BCUT2D eigenvalue weighted by atomic mass is 31.2. The predicted molar refractivity (Wildman–Crippen MR) is 56.9 cm³/mol. The van der Waals surface area contributed by atoms with E-state index in [1.54, 1.807) is 27.7 Å². The third-order valence-corrected chi connectivity index (χ3v) is 5.72. The topological polar surface area (TPSA) is 82.1 Å². The Morgan fingerprint density at radius 3 is 1.75 bits per heavy atom. The van der Waals surface area contributed by atoms with Crippen molar-refractivity contribution < 1.29 is 32.3 Å². The zero-order valence-corrected chi connectivity index (χ0v) is 11.4. The Hall–Kier alpha value is 0.230. The molecule has 0 aromatic rings. The predicted octanol–water partition coefficient (Wildman–Crippen LogP) is 3.07. The van der Waals surface area contributed by atoms with Crippen molar-refractivity contribution in [3.8, 4) is 0 Å². The second-order valence-electron chi connectivity index (χ2n) is 3.77. The van der Waals surface area contributed by atoms with Crippen LogP contribution in [-0.4, -0.2) is 23.0 Å². The average Bonchev–Trinajstić information content (AvgIpc) is 1.98. The molecule has 0 aliphatic rings. The van der Waals surface area contributed by atoms with Crippen LogP contribution in [0.5, 0.6) is 0 Å². The molecule has 0 amide bonds. The molecule has 6 nitrogen and oxygen atoms in total. The molecule has 0 aliphatic heterocycles. The number of rotatable bonds is 7. The first-order chi connectivity index (χ1) is 7.10. The smallest absolute Gasteiger partial charge is 0.322 e. The van der Waals surface area contributed by atoms with E-state index in [0.717, 1.165) is 0 Å². The highest BCUT2D eigenvalue weighted by Gasteiger charge is 2.38. The van der Waals surface area contributed by atoms with Gasteiger partial charge in [0.15, 0.2) is 5.90 Å². The third-order valence-electron chi connectivity index (χ3n) is 1.20. The van der Waals surface area contributed by atoms with E-state index in [1.807, 2.05) is 0 Å². The van der Waals surface area contributed by atoms with Crippen LogP contribution < -0.4 is 0 Å². The van der Waals surface area contributed by atoms with E-state index in [4.69, 9.17) is 13.9 Å². The van der Waals surface area contributed by atoms with Crippen LogP contribution in [0.4, 0.5) is 4.53 Å². The summed E-state index contributed by atoms with van der Waals surface area (Å²) in [4.78, 5) is 8.91. The molecule has 1 atom stereocenters. The maximum absolute atomic E-state index is 12.0. The Kier molecular flexibility index (Phi) is 6.33. The van der Waals surface area contributed by atoms with Crippen molar-refractivity contribution in [2.75, 3.05) is 5.90 Å². The first kappa shape index (κ1) is 16.2. The standard InChI is InChI=1S/C7H17FO6P2/c1-6(2)12-16(11,13-7(3)4)5-15(9,10)14-8/h6-7H,5H2,1-4H3,(H,9,10). The van der Waals surface area contributed by atoms with E-state index >= 15 is 0 Å². The van der Waals surface area contributed by atoms with Crippen molar-refractivity contribution in [3.63, 3.8) is 0 Å². The molecule has 0 aromatic carbocycles. The largest absolute Gasteiger partial charge is 0.373 e. The molecule has 98 valence electrons. The zero-order valence-electron chi connectivity index (χ0n) is 9.62. The molecule has 0 saturated carbocycles. The minimum Gasteiger partial charge on any atom is -0.322 e. The van der Waals surface area contributed by atoms with Gasteiger partial charge in [0.1, 0.15) is 0 Å². The highest BCUT2D eigenvalue weighted by molar-refractivity contribution is 7.70. The van der Waals surface area contributed by atoms with Gasteiger partial charge in [-0.1, -0.05) is 0 Å². The molecule has 0 spiro atoms. The maximum atomic E-state index is 12.0. The van der Waals surface area contributed by atoms with E-state index in [1.165, 1.54) is 0 Å². The zero-order chi connectivity index (χ0) is 13.0. The lowest BCUT2D eigenvalue weighted by Crippen LogP contribution is -2.10. The lowest BCUT2D eigenvalue weighted by Gasteiger charge is -2.22. The van der Waals surface area contributed by atoms with Gasteiger partial charge >= 0.3 is 15.2 Å². The average molecular weight is 278 g/mol. The molecule has 0 fully saturated rings. The SMILES string of the molecule is CC(C)OP(=O)(CP(=O)(O)OF)OC(C)C. The molecular formula is C7H17FO6P2. The number of halogens is 1. The first-order valence-corrected chi connectivity index (χ1v) is 8.17. The van der Waals surface area contributed by atoms with Crippen molar-refractivity contribution in [2.45, 2.75) is 39.9 Å². The fraction of sp³-hybridized carbons (Fsp3) is 1.00. The fourth-order valence-electron chi connectivity index (χ4n) is 0.975. The van der Waals surface area contributed by atoms with Crippen LogP contribution in [0.25, 0.3) is 0 Å². The summed E-state index contributed by atoms with van der Waals surface area (Å²) in [6.07, 6.45) is -0.964. The van der Waals surface area contributed by atoms with E-state index < -0.39 is 33.3 Å². The maximum Gasteiger partial charge on any atom is 0.373 e. The van der Waals surface area contributed by atoms with Gasteiger partial charge in [-0.3, -0.25) is 9.13 Å². The minimum absolute atomic E-state index is 0.482. The van der Waals surface area contributed by atoms with Gasteiger partial charge in [-0.05, 0) is 32.2 Å². The molecular weight excluding hydrogens is 261 g/mol. The molecule has 1 N–H and O–H groups in total. The Bertz CT molecular complexity index is 291. The van der Waals surface area contributed by atoms with Crippen molar-refractivity contribution in [3.05, 3.63) is 0 Å². The van der Waals surface area contributed by atoms with Crippen LogP contribution in [0.15, 0.2) is 0 Å². The lowest BCUT2D eigenvalue weighted by molar-refractivity contribution is -0.0182. The van der Waals surface area contributed by atoms with Gasteiger partial charge in [-0.15, -0.1) is 4.73 Å². The van der Waals surface area contributed by atoms with Crippen LogP contribution in [0, 0.1) is 0 Å². The number of hydrogen-bond acceptors (Lipinski definition) is 5. The molecule has 0 heterocycles. The monoisotopic (exact) mass is 278 g/mol. The third kappa shape index (κ3) is 6.74. The van der Waals surface area contributed by atoms with Gasteiger partial charge in [0.25, 0.3) is 0 Å². The summed E-state index contributed by atoms with van der Waals surface area (Å²) >= 11 is 0. The Morgan fingerprint density at radius 1 is 1.12 bits per heavy atom. The van der Waals surface area contributed by atoms with Crippen LogP contribution in [-0.2, 0) is 22.9 Å². The van der Waals surface area contributed by atoms with E-state index in [9.17, 15) is 13.7 Å². The van der Waals surface area contributed by atoms with Crippen LogP contribution in [0.3, 0.4) is 0 Å². The molecule has 0 saturated heterocycles. The van der Waals surface area contributed by atoms with E-state index in [-0.39, 0.29) is 0 Å². The summed E-state index contributed by atoms with van der Waals surface area (Å²) in [6.45, 7) is 6.31. The van der Waals surface area contributed by atoms with Crippen molar-refractivity contribution >= 4 is 15.2 Å². The van der Waals surface area contributed by atoms with Crippen LogP contribution in [0.2, 0.25) is 0 Å². The Balaban J connectivity index is 4.80. The first-order valence-electron chi connectivity index (χ1n) is 4.68. The molecule has 9 heteroatoms. The van der Waals surface area contributed by atoms with Gasteiger partial charge in [-0.25, -0.2) is 0 Å². The van der Waals surface area contributed by atoms with E-state index in [2.05, 4.69) is 4.73 Å². The van der Waals surface area contributed by atoms with Crippen molar-refractivity contribution in [1.82, 2.24) is 0 Å². The number of hydrogen-bond donors (Lipinski definition) is 1. The quantitative estimate of drug-likeness (QED) is 0.720. The van der Waals surface area contributed by atoms with Gasteiger partial charge in [0, 0.05) is 0 Å². The molecule has 16 heavy (non-hydrogen) atoms. The summed E-state index contributed by atoms with van der Waals surface area (Å²) < 4.78 is 47.5. The second-order valence-corrected chi connectivity index (χ2v) is 7.95. The molecule has 0 radical (unpaired) electrons. The summed E-state index contributed by atoms with van der Waals surface area (Å²) in [5.41, 5.74) is 0. The normalized spacial score (nSPS) is 16.8. The summed E-state index contributed by atoms with van der Waals surface area (Å²) in [7, 11) is -8.43. The second kappa shape index (κ2) is 6.24.